The number of hydrogen-bond acceptors (Lipinski definition) is 11. The summed E-state index contributed by atoms with van der Waals surface area (Å²) < 4.78 is 29.1. The molecule has 0 heterocycles. The zero-order chi connectivity index (χ0) is 24.8. The van der Waals surface area contributed by atoms with Crippen LogP contribution in [0.25, 0.3) is 0 Å². The first kappa shape index (κ1) is 30.3. The van der Waals surface area contributed by atoms with Gasteiger partial charge in [-0.15, -0.1) is 0 Å². The third kappa shape index (κ3) is 13.0. The molecule has 0 fully saturated rings. The standard InChI is InChI=1S/C17H22Cl4O11/c1-3-16(5-27-11(18)22,6-28-12(19)23)9-31-15(26)32-10-17(4-2,7-29-13(20)24)8-30-14(21)25/h3-10H2,1-2H3. The van der Waals surface area contributed by atoms with Crippen molar-refractivity contribution in [3.05, 3.63) is 0 Å². The van der Waals surface area contributed by atoms with Gasteiger partial charge >= 0.3 is 27.9 Å². The molecule has 0 atom stereocenters. The van der Waals surface area contributed by atoms with Crippen molar-refractivity contribution in [2.45, 2.75) is 26.7 Å². The van der Waals surface area contributed by atoms with Crippen LogP contribution in [0.5, 0.6) is 0 Å². The van der Waals surface area contributed by atoms with Crippen molar-refractivity contribution in [1.29, 1.82) is 0 Å². The molecule has 11 nitrogen and oxygen atoms in total. The van der Waals surface area contributed by atoms with Gasteiger partial charge in [0, 0.05) is 46.4 Å². The van der Waals surface area contributed by atoms with Gasteiger partial charge in [0.05, 0.1) is 10.8 Å². The molecule has 32 heavy (non-hydrogen) atoms. The van der Waals surface area contributed by atoms with E-state index in [0.717, 1.165) is 0 Å². The predicted molar refractivity (Wildman–Crippen MR) is 112 cm³/mol. The van der Waals surface area contributed by atoms with Crippen LogP contribution in [-0.4, -0.2) is 67.5 Å². The van der Waals surface area contributed by atoms with Gasteiger partial charge < -0.3 is 28.4 Å². The third-order valence-electron chi connectivity index (χ3n) is 4.46. The van der Waals surface area contributed by atoms with Crippen LogP contribution in [-0.2, 0) is 28.4 Å². The van der Waals surface area contributed by atoms with Crippen molar-refractivity contribution in [1.82, 2.24) is 0 Å². The molecule has 0 saturated carbocycles. The van der Waals surface area contributed by atoms with Crippen LogP contribution in [0.3, 0.4) is 0 Å². The molecule has 184 valence electrons. The van der Waals surface area contributed by atoms with E-state index < -0.39 is 51.9 Å². The highest BCUT2D eigenvalue weighted by atomic mass is 35.5. The van der Waals surface area contributed by atoms with Crippen molar-refractivity contribution in [3.8, 4) is 0 Å². The highest BCUT2D eigenvalue weighted by Gasteiger charge is 2.36. The molecule has 0 aromatic heterocycles. The Morgan fingerprint density at radius 1 is 0.500 bits per heavy atom. The van der Waals surface area contributed by atoms with Crippen molar-refractivity contribution in [2.75, 3.05) is 39.6 Å². The Hall–Kier alpha value is -1.69. The van der Waals surface area contributed by atoms with Gasteiger partial charge in [0.2, 0.25) is 0 Å². The highest BCUT2D eigenvalue weighted by Crippen LogP contribution is 2.27. The minimum atomic E-state index is -1.16. The van der Waals surface area contributed by atoms with E-state index >= 15 is 0 Å². The van der Waals surface area contributed by atoms with E-state index in [4.69, 9.17) is 74.8 Å². The maximum atomic E-state index is 12.1. The second-order valence-corrected chi connectivity index (χ2v) is 7.87. The summed E-state index contributed by atoms with van der Waals surface area (Å²) in [7, 11) is 0. The Balaban J connectivity index is 5.13. The first-order chi connectivity index (χ1) is 14.9. The Kier molecular flexibility index (Phi) is 14.4. The van der Waals surface area contributed by atoms with E-state index in [-0.39, 0.29) is 39.3 Å². The zero-order valence-corrected chi connectivity index (χ0v) is 20.2. The number of hydrogen-bond donors (Lipinski definition) is 0. The third-order valence-corrected chi connectivity index (χ3v) is 4.90. The van der Waals surface area contributed by atoms with Crippen molar-refractivity contribution in [3.63, 3.8) is 0 Å². The molecule has 0 saturated heterocycles. The fourth-order valence-corrected chi connectivity index (χ4v) is 2.39. The molecular weight excluding hydrogens is 522 g/mol. The van der Waals surface area contributed by atoms with Crippen LogP contribution < -0.4 is 0 Å². The van der Waals surface area contributed by atoms with Gasteiger partial charge in [-0.3, -0.25) is 0 Å². The van der Waals surface area contributed by atoms with Gasteiger partial charge in [-0.25, -0.2) is 24.0 Å². The average Bonchev–Trinajstić information content (AvgIpc) is 2.73. The fourth-order valence-electron chi connectivity index (χ4n) is 2.17. The fraction of sp³-hybridized carbons (Fsp3) is 0.706. The lowest BCUT2D eigenvalue weighted by Gasteiger charge is -2.31. The number of halogens is 4. The van der Waals surface area contributed by atoms with E-state index in [9.17, 15) is 24.0 Å². The van der Waals surface area contributed by atoms with Crippen LogP contribution in [0.2, 0.25) is 0 Å². The molecule has 0 amide bonds. The molecule has 0 rings (SSSR count). The Bertz CT molecular complexity index is 581. The summed E-state index contributed by atoms with van der Waals surface area (Å²) in [6.45, 7) is 1.12. The molecule has 0 spiro atoms. The van der Waals surface area contributed by atoms with Crippen LogP contribution in [0.1, 0.15) is 26.7 Å². The number of ether oxygens (including phenoxy) is 6. The SMILES string of the molecule is CCC(COC(=O)Cl)(COC(=O)Cl)COC(=O)OCC(CC)(COC(=O)Cl)COC(=O)Cl. The van der Waals surface area contributed by atoms with E-state index in [0.29, 0.717) is 0 Å². The van der Waals surface area contributed by atoms with Crippen molar-refractivity contribution < 1.29 is 52.4 Å². The van der Waals surface area contributed by atoms with Crippen LogP contribution >= 0.6 is 46.4 Å². The molecule has 0 N–H and O–H groups in total. The maximum absolute atomic E-state index is 12.1. The van der Waals surface area contributed by atoms with E-state index in [2.05, 4.69) is 0 Å². The lowest BCUT2D eigenvalue weighted by Crippen LogP contribution is -2.40. The Labute approximate surface area is 203 Å². The molecule has 0 radical (unpaired) electrons. The Morgan fingerprint density at radius 2 is 0.719 bits per heavy atom. The van der Waals surface area contributed by atoms with Gasteiger partial charge in [0.25, 0.3) is 0 Å². The van der Waals surface area contributed by atoms with Gasteiger partial charge in [-0.2, -0.15) is 0 Å². The molecule has 0 bridgehead atoms. The van der Waals surface area contributed by atoms with Crippen LogP contribution in [0, 0.1) is 10.8 Å². The summed E-state index contributed by atoms with van der Waals surface area (Å²) in [5, 5.41) is 0. The average molecular weight is 544 g/mol. The van der Waals surface area contributed by atoms with E-state index in [1.165, 1.54) is 0 Å². The summed E-state index contributed by atoms with van der Waals surface area (Å²) in [6, 6.07) is 0. The maximum Gasteiger partial charge on any atom is 0.508 e. The van der Waals surface area contributed by atoms with Gasteiger partial charge in [0.1, 0.15) is 39.6 Å². The van der Waals surface area contributed by atoms with Crippen LogP contribution in [0.4, 0.5) is 24.0 Å². The van der Waals surface area contributed by atoms with E-state index in [1.54, 1.807) is 13.8 Å². The van der Waals surface area contributed by atoms with Gasteiger partial charge in [-0.05, 0) is 12.8 Å². The van der Waals surface area contributed by atoms with Crippen molar-refractivity contribution >= 4 is 74.3 Å². The topological polar surface area (TPSA) is 141 Å². The predicted octanol–water partition coefficient (Wildman–Crippen LogP) is 5.43. The smallest absolute Gasteiger partial charge is 0.453 e. The highest BCUT2D eigenvalue weighted by molar-refractivity contribution is 6.61. The molecule has 0 unspecified atom stereocenters. The normalized spacial score (nSPS) is 11.2. The molecule has 0 aliphatic heterocycles. The minimum Gasteiger partial charge on any atom is -0.453 e. The molecule has 0 aromatic carbocycles. The number of carbonyl (C=O) groups excluding carboxylic acids is 5. The summed E-state index contributed by atoms with van der Waals surface area (Å²) in [6.07, 6.45) is -0.708. The first-order valence-corrected chi connectivity index (χ1v) is 10.5. The zero-order valence-electron chi connectivity index (χ0n) is 17.2. The number of rotatable bonds is 14. The second kappa shape index (κ2) is 15.2. The number of carbonyl (C=O) groups is 5. The van der Waals surface area contributed by atoms with Crippen molar-refractivity contribution in [2.24, 2.45) is 10.8 Å². The first-order valence-electron chi connectivity index (χ1n) is 8.98. The molecule has 0 aromatic rings. The quantitative estimate of drug-likeness (QED) is 0.157. The minimum absolute atomic E-state index is 0.227. The summed E-state index contributed by atoms with van der Waals surface area (Å²) in [4.78, 5) is 55.9. The monoisotopic (exact) mass is 542 g/mol. The summed E-state index contributed by atoms with van der Waals surface area (Å²) in [5.74, 6) is 0. The summed E-state index contributed by atoms with van der Waals surface area (Å²) >= 11 is 20.7. The van der Waals surface area contributed by atoms with Gasteiger partial charge in [-0.1, -0.05) is 13.8 Å². The van der Waals surface area contributed by atoms with Crippen LogP contribution in [0.15, 0.2) is 0 Å². The molecule has 0 aliphatic rings. The summed E-state index contributed by atoms with van der Waals surface area (Å²) in [5.41, 5.74) is -6.76. The lowest BCUT2D eigenvalue weighted by molar-refractivity contribution is -0.0516. The van der Waals surface area contributed by atoms with Gasteiger partial charge in [0.15, 0.2) is 0 Å². The lowest BCUT2D eigenvalue weighted by atomic mass is 9.88. The molecule has 0 aliphatic carbocycles. The largest absolute Gasteiger partial charge is 0.508 e. The second-order valence-electron chi connectivity index (χ2n) is 6.64. The molecular formula is C17H22Cl4O11. The molecule has 15 heteroatoms. The Morgan fingerprint density at radius 3 is 0.906 bits per heavy atom. The van der Waals surface area contributed by atoms with E-state index in [1.807, 2.05) is 0 Å².